The van der Waals surface area contributed by atoms with E-state index in [-0.39, 0.29) is 21.7 Å². The Morgan fingerprint density at radius 2 is 1.80 bits per heavy atom. The normalized spacial score (nSPS) is 12.7. The van der Waals surface area contributed by atoms with Crippen LogP contribution in [-0.2, 0) is 16.1 Å². The number of nitrogens with zero attached hydrogens (tertiary/aromatic N) is 2. The molecule has 12 heteroatoms. The lowest BCUT2D eigenvalue weighted by Gasteiger charge is -2.26. The number of nitrogens with one attached hydrogen (secondary N) is 1. The zero-order valence-corrected chi connectivity index (χ0v) is 13.1. The van der Waals surface area contributed by atoms with Gasteiger partial charge in [-0.15, -0.1) is 0 Å². The van der Waals surface area contributed by atoms with Crippen LogP contribution in [0.4, 0.5) is 26.3 Å². The van der Waals surface area contributed by atoms with Gasteiger partial charge in [-0.3, -0.25) is 14.5 Å². The standard InChI is InChI=1S/C13H10ClF6N3O2/c1-21-10(4-8(24)12(15,16)17)23(11(25)13(18,19)20)6-7-2-3-9(14)22-5-7/h2-5,21H,6H2,1H3. The van der Waals surface area contributed by atoms with Gasteiger partial charge in [0.2, 0.25) is 0 Å². The molecule has 0 saturated heterocycles. The van der Waals surface area contributed by atoms with Crippen molar-refractivity contribution in [1.29, 1.82) is 0 Å². The fourth-order valence-corrected chi connectivity index (χ4v) is 1.70. The molecule has 1 rings (SSSR count). The highest BCUT2D eigenvalue weighted by molar-refractivity contribution is 6.29. The van der Waals surface area contributed by atoms with Gasteiger partial charge in [-0.1, -0.05) is 17.7 Å². The lowest BCUT2D eigenvalue weighted by molar-refractivity contribution is -0.184. The number of carbonyl (C=O) groups is 2. The number of alkyl halides is 6. The van der Waals surface area contributed by atoms with Gasteiger partial charge in [-0.25, -0.2) is 4.98 Å². The summed E-state index contributed by atoms with van der Waals surface area (Å²) >= 11 is 5.53. The van der Waals surface area contributed by atoms with E-state index in [0.717, 1.165) is 13.2 Å². The van der Waals surface area contributed by atoms with Crippen LogP contribution in [0.15, 0.2) is 30.2 Å². The molecule has 0 spiro atoms. The molecular formula is C13H10ClF6N3O2. The summed E-state index contributed by atoms with van der Waals surface area (Å²) in [6, 6.07) is 2.45. The summed E-state index contributed by atoms with van der Waals surface area (Å²) in [5, 5.41) is 2.01. The van der Waals surface area contributed by atoms with Gasteiger partial charge in [0.05, 0.1) is 6.54 Å². The first-order valence-electron chi connectivity index (χ1n) is 6.36. The van der Waals surface area contributed by atoms with Crippen molar-refractivity contribution in [3.05, 3.63) is 40.9 Å². The minimum Gasteiger partial charge on any atom is -0.374 e. The molecule has 1 N–H and O–H groups in total. The van der Waals surface area contributed by atoms with E-state index in [1.165, 1.54) is 12.1 Å². The Hall–Kier alpha value is -2.30. The van der Waals surface area contributed by atoms with Gasteiger partial charge in [0.1, 0.15) is 11.0 Å². The summed E-state index contributed by atoms with van der Waals surface area (Å²) in [6.07, 6.45) is -9.78. The number of hydrogen-bond donors (Lipinski definition) is 1. The molecule has 0 saturated carbocycles. The number of aromatic nitrogens is 1. The third-order valence-corrected chi connectivity index (χ3v) is 2.93. The Morgan fingerprint density at radius 3 is 2.20 bits per heavy atom. The Labute approximate surface area is 142 Å². The van der Waals surface area contributed by atoms with Crippen LogP contribution in [0.5, 0.6) is 0 Å². The van der Waals surface area contributed by atoms with Gasteiger partial charge in [-0.05, 0) is 11.6 Å². The molecule has 0 aliphatic carbocycles. The largest absolute Gasteiger partial charge is 0.471 e. The number of pyridine rings is 1. The fraction of sp³-hybridized carbons (Fsp3) is 0.308. The molecule has 0 radical (unpaired) electrons. The van der Waals surface area contributed by atoms with Crippen LogP contribution < -0.4 is 5.32 Å². The second-order valence-corrected chi connectivity index (χ2v) is 4.91. The summed E-state index contributed by atoms with van der Waals surface area (Å²) in [7, 11) is 0.965. The molecule has 0 aromatic carbocycles. The van der Waals surface area contributed by atoms with E-state index in [0.29, 0.717) is 0 Å². The van der Waals surface area contributed by atoms with Crippen molar-refractivity contribution < 1.29 is 35.9 Å². The van der Waals surface area contributed by atoms with Gasteiger partial charge < -0.3 is 5.32 Å². The molecular weight excluding hydrogens is 380 g/mol. The summed E-state index contributed by atoms with van der Waals surface area (Å²) in [5.74, 6) is -5.86. The first-order valence-corrected chi connectivity index (χ1v) is 6.73. The van der Waals surface area contributed by atoms with Crippen molar-refractivity contribution in [3.8, 4) is 0 Å². The molecule has 1 amide bonds. The van der Waals surface area contributed by atoms with Crippen LogP contribution in [-0.4, -0.2) is 41.0 Å². The minimum absolute atomic E-state index is 0.0223. The maximum atomic E-state index is 12.7. The van der Waals surface area contributed by atoms with Crippen molar-refractivity contribution in [2.75, 3.05) is 7.05 Å². The van der Waals surface area contributed by atoms with Gasteiger partial charge in [0.25, 0.3) is 5.78 Å². The quantitative estimate of drug-likeness (QED) is 0.478. The molecule has 1 heterocycles. The molecule has 0 aliphatic heterocycles. The van der Waals surface area contributed by atoms with Crippen LogP contribution in [0, 0.1) is 0 Å². The van der Waals surface area contributed by atoms with E-state index >= 15 is 0 Å². The lowest BCUT2D eigenvalue weighted by Crippen LogP contribution is -2.43. The van der Waals surface area contributed by atoms with Crippen molar-refractivity contribution in [2.24, 2.45) is 0 Å². The highest BCUT2D eigenvalue weighted by Crippen LogP contribution is 2.24. The Morgan fingerprint density at radius 1 is 1.20 bits per heavy atom. The second kappa shape index (κ2) is 7.72. The highest BCUT2D eigenvalue weighted by Gasteiger charge is 2.44. The van der Waals surface area contributed by atoms with Crippen molar-refractivity contribution in [1.82, 2.24) is 15.2 Å². The van der Waals surface area contributed by atoms with E-state index in [4.69, 9.17) is 11.6 Å². The minimum atomic E-state index is -5.38. The number of hydrogen-bond acceptors (Lipinski definition) is 4. The van der Waals surface area contributed by atoms with Gasteiger partial charge in [0.15, 0.2) is 0 Å². The summed E-state index contributed by atoms with van der Waals surface area (Å²) < 4.78 is 75.3. The molecule has 0 unspecified atom stereocenters. The summed E-state index contributed by atoms with van der Waals surface area (Å²) in [4.78, 5) is 26.1. The van der Waals surface area contributed by atoms with Crippen LogP contribution in [0.2, 0.25) is 5.15 Å². The maximum Gasteiger partial charge on any atom is 0.471 e. The van der Waals surface area contributed by atoms with Crippen molar-refractivity contribution >= 4 is 23.3 Å². The number of halogens is 7. The first kappa shape index (κ1) is 20.7. The van der Waals surface area contributed by atoms with Crippen LogP contribution in [0.3, 0.4) is 0 Å². The molecule has 138 valence electrons. The van der Waals surface area contributed by atoms with E-state index in [2.05, 4.69) is 4.98 Å². The number of ketones is 1. The highest BCUT2D eigenvalue weighted by atomic mass is 35.5. The number of allylic oxidation sites excluding steroid dienone is 1. The third-order valence-electron chi connectivity index (χ3n) is 2.71. The van der Waals surface area contributed by atoms with Crippen LogP contribution in [0.25, 0.3) is 0 Å². The molecule has 0 aliphatic rings. The molecule has 1 aromatic rings. The van der Waals surface area contributed by atoms with Crippen LogP contribution >= 0.6 is 11.6 Å². The topological polar surface area (TPSA) is 62.3 Å². The summed E-state index contributed by atoms with van der Waals surface area (Å²) in [6.45, 7) is -0.791. The van der Waals surface area contributed by atoms with E-state index < -0.39 is 36.4 Å². The Kier molecular flexibility index (Phi) is 6.41. The SMILES string of the molecule is CNC(=CC(=O)C(F)(F)F)N(Cc1ccc(Cl)nc1)C(=O)C(F)(F)F. The van der Waals surface area contributed by atoms with E-state index in [1.54, 1.807) is 0 Å². The van der Waals surface area contributed by atoms with Gasteiger partial charge in [0, 0.05) is 19.3 Å². The zero-order valence-electron chi connectivity index (χ0n) is 12.4. The first-order chi connectivity index (χ1) is 11.4. The smallest absolute Gasteiger partial charge is 0.374 e. The number of rotatable bonds is 5. The fourth-order valence-electron chi connectivity index (χ4n) is 1.59. The average molecular weight is 390 g/mol. The molecule has 1 aromatic heterocycles. The second-order valence-electron chi connectivity index (χ2n) is 4.52. The maximum absolute atomic E-state index is 12.7. The predicted octanol–water partition coefficient (Wildman–Crippen LogP) is 2.82. The predicted molar refractivity (Wildman–Crippen MR) is 74.1 cm³/mol. The molecule has 5 nitrogen and oxygen atoms in total. The molecule has 25 heavy (non-hydrogen) atoms. The lowest BCUT2D eigenvalue weighted by atomic mass is 10.2. The molecule has 0 atom stereocenters. The van der Waals surface area contributed by atoms with Gasteiger partial charge >= 0.3 is 18.3 Å². The van der Waals surface area contributed by atoms with Crippen molar-refractivity contribution in [2.45, 2.75) is 18.9 Å². The summed E-state index contributed by atoms with van der Waals surface area (Å²) in [5.41, 5.74) is 0.0441. The monoisotopic (exact) mass is 389 g/mol. The zero-order chi connectivity index (χ0) is 19.4. The Balaban J connectivity index is 3.28. The Bertz CT molecular complexity index is 670. The van der Waals surface area contributed by atoms with Crippen LogP contribution in [0.1, 0.15) is 5.56 Å². The average Bonchev–Trinajstić information content (AvgIpc) is 2.49. The van der Waals surface area contributed by atoms with Crippen molar-refractivity contribution in [3.63, 3.8) is 0 Å². The number of carbonyl (C=O) groups excluding carboxylic acids is 2. The molecule has 0 bridgehead atoms. The van der Waals surface area contributed by atoms with Gasteiger partial charge in [-0.2, -0.15) is 26.3 Å². The third kappa shape index (κ3) is 5.93. The molecule has 0 fully saturated rings. The number of amides is 1. The van der Waals surface area contributed by atoms with E-state index in [9.17, 15) is 35.9 Å². The van der Waals surface area contributed by atoms with E-state index in [1.807, 2.05) is 5.32 Å².